The smallest absolute Gasteiger partial charge is 0.169 e. The molecule has 2 N–H and O–H groups in total. The Bertz CT molecular complexity index is 1020. The lowest BCUT2D eigenvalue weighted by atomic mass is 10.1. The Balaban J connectivity index is 1.63. The number of nitrogens with two attached hydrogens (primary N) is 1. The first-order chi connectivity index (χ1) is 14.1. The highest BCUT2D eigenvalue weighted by Crippen LogP contribution is 2.34. The minimum absolute atomic E-state index is 0.0529. The van der Waals surface area contributed by atoms with Crippen LogP contribution in [0.2, 0.25) is 0 Å². The zero-order valence-corrected chi connectivity index (χ0v) is 16.9. The van der Waals surface area contributed by atoms with Gasteiger partial charge < -0.3 is 20.1 Å². The van der Waals surface area contributed by atoms with Crippen LogP contribution in [0.5, 0.6) is 0 Å². The first kappa shape index (κ1) is 18.4. The molecule has 0 spiro atoms. The fraction of sp³-hybridized carbons (Fsp3) is 0.550. The highest BCUT2D eigenvalue weighted by molar-refractivity contribution is 5.80. The monoisotopic (exact) mass is 397 g/mol. The molecule has 2 atom stereocenters. The van der Waals surface area contributed by atoms with E-state index in [0.717, 1.165) is 60.8 Å². The first-order valence-electron chi connectivity index (χ1n) is 10.3. The van der Waals surface area contributed by atoms with E-state index in [1.807, 2.05) is 29.9 Å². The van der Waals surface area contributed by atoms with E-state index in [9.17, 15) is 0 Å². The van der Waals surface area contributed by atoms with Gasteiger partial charge in [-0.25, -0.2) is 9.67 Å². The first-order valence-corrected chi connectivity index (χ1v) is 10.3. The maximum absolute atomic E-state index is 6.38. The molecule has 1 unspecified atom stereocenters. The number of nitrogen functional groups attached to an aromatic ring is 1. The summed E-state index contributed by atoms with van der Waals surface area (Å²) in [6.45, 7) is 7.05. The highest BCUT2D eigenvalue weighted by Gasteiger charge is 2.26. The number of aromatic nitrogens is 5. The average molecular weight is 397 g/mol. The fourth-order valence-electron chi connectivity index (χ4n) is 4.31. The van der Waals surface area contributed by atoms with Crippen LogP contribution in [0.25, 0.3) is 16.9 Å². The molecule has 3 aromatic rings. The largest absolute Gasteiger partial charge is 0.383 e. The minimum atomic E-state index is -0.0529. The summed E-state index contributed by atoms with van der Waals surface area (Å²) in [4.78, 5) is 7.23. The van der Waals surface area contributed by atoms with E-state index >= 15 is 0 Å². The zero-order valence-electron chi connectivity index (χ0n) is 16.9. The van der Waals surface area contributed by atoms with Crippen LogP contribution in [0.4, 0.5) is 11.6 Å². The van der Waals surface area contributed by atoms with Crippen LogP contribution in [0.15, 0.2) is 18.3 Å². The van der Waals surface area contributed by atoms with Crippen LogP contribution >= 0.6 is 0 Å². The van der Waals surface area contributed by atoms with Gasteiger partial charge in [-0.1, -0.05) is 0 Å². The third kappa shape index (κ3) is 3.14. The van der Waals surface area contributed by atoms with Crippen LogP contribution in [0.1, 0.15) is 38.1 Å². The number of morpholine rings is 1. The van der Waals surface area contributed by atoms with Gasteiger partial charge in [-0.3, -0.25) is 0 Å². The van der Waals surface area contributed by atoms with E-state index < -0.39 is 0 Å². The van der Waals surface area contributed by atoms with Crippen molar-refractivity contribution in [2.45, 2.75) is 45.4 Å². The average Bonchev–Trinajstić information content (AvgIpc) is 3.33. The molecule has 0 aliphatic carbocycles. The Morgan fingerprint density at radius 2 is 2.14 bits per heavy atom. The summed E-state index contributed by atoms with van der Waals surface area (Å²) in [6, 6.07) is 4.14. The van der Waals surface area contributed by atoms with Gasteiger partial charge in [0.2, 0.25) is 0 Å². The highest BCUT2D eigenvalue weighted by atomic mass is 16.5. The normalized spacial score (nSPS) is 23.0. The third-order valence-corrected chi connectivity index (χ3v) is 5.79. The van der Waals surface area contributed by atoms with Gasteiger partial charge in [0.05, 0.1) is 36.2 Å². The number of anilines is 2. The molecule has 2 fully saturated rings. The second-order valence-corrected chi connectivity index (χ2v) is 7.83. The Morgan fingerprint density at radius 3 is 2.93 bits per heavy atom. The molecule has 3 aromatic heterocycles. The van der Waals surface area contributed by atoms with Crippen molar-refractivity contribution in [1.29, 1.82) is 0 Å². The van der Waals surface area contributed by atoms with Gasteiger partial charge in [-0.05, 0) is 39.2 Å². The van der Waals surface area contributed by atoms with Crippen molar-refractivity contribution < 1.29 is 9.47 Å². The summed E-state index contributed by atoms with van der Waals surface area (Å²) >= 11 is 0. The number of fused-ring (bicyclic) bond motifs is 1. The Hall–Kier alpha value is -2.65. The summed E-state index contributed by atoms with van der Waals surface area (Å²) in [6.07, 6.45) is 4.96. The second kappa shape index (κ2) is 7.31. The van der Waals surface area contributed by atoms with Crippen LogP contribution in [0.3, 0.4) is 0 Å². The van der Waals surface area contributed by atoms with E-state index in [2.05, 4.69) is 22.0 Å². The quantitative estimate of drug-likeness (QED) is 0.725. The molecule has 2 aliphatic heterocycles. The molecule has 2 aliphatic rings. The van der Waals surface area contributed by atoms with E-state index in [0.29, 0.717) is 19.0 Å². The van der Waals surface area contributed by atoms with Crippen molar-refractivity contribution in [2.75, 3.05) is 37.0 Å². The SMILES string of the molecule is Cc1nn2c(N)cc(N3CCOC[C@H]3C)nc2c1-c1ccnn1C1CCCCO1. The Kier molecular flexibility index (Phi) is 4.63. The number of hydrogen-bond acceptors (Lipinski definition) is 7. The molecule has 0 saturated carbocycles. The molecule has 0 amide bonds. The topological polar surface area (TPSA) is 95.7 Å². The Labute approximate surface area is 169 Å². The van der Waals surface area contributed by atoms with E-state index in [4.69, 9.17) is 20.2 Å². The summed E-state index contributed by atoms with van der Waals surface area (Å²) in [5, 5.41) is 9.22. The molecule has 0 radical (unpaired) electrons. The lowest BCUT2D eigenvalue weighted by Gasteiger charge is -2.34. The molecular formula is C20H27N7O2. The predicted molar refractivity (Wildman–Crippen MR) is 110 cm³/mol. The van der Waals surface area contributed by atoms with Crippen molar-refractivity contribution in [3.63, 3.8) is 0 Å². The number of ether oxygens (including phenoxy) is 2. The van der Waals surface area contributed by atoms with E-state index in [-0.39, 0.29) is 12.3 Å². The molecule has 9 heteroatoms. The maximum Gasteiger partial charge on any atom is 0.169 e. The standard InChI is InChI=1S/C20H27N7O2/c1-13-12-28-10-8-25(13)17-11-16(21)27-20(23-17)19(14(2)24-27)15-6-7-22-26(15)18-5-3-4-9-29-18/h6-7,11,13,18H,3-5,8-10,12,21H2,1-2H3/t13-,18?/m1/s1. The van der Waals surface area contributed by atoms with Gasteiger partial charge in [0.25, 0.3) is 0 Å². The maximum atomic E-state index is 6.38. The van der Waals surface area contributed by atoms with Crippen LogP contribution < -0.4 is 10.6 Å². The molecule has 9 nitrogen and oxygen atoms in total. The fourth-order valence-corrected chi connectivity index (χ4v) is 4.31. The summed E-state index contributed by atoms with van der Waals surface area (Å²) < 4.78 is 15.2. The van der Waals surface area contributed by atoms with Gasteiger partial charge in [0.15, 0.2) is 11.9 Å². The molecule has 0 bridgehead atoms. The van der Waals surface area contributed by atoms with Crippen molar-refractivity contribution >= 4 is 17.3 Å². The van der Waals surface area contributed by atoms with Gasteiger partial charge >= 0.3 is 0 Å². The van der Waals surface area contributed by atoms with Gasteiger partial charge in [0, 0.05) is 25.4 Å². The third-order valence-electron chi connectivity index (χ3n) is 5.79. The molecular weight excluding hydrogens is 370 g/mol. The molecule has 29 heavy (non-hydrogen) atoms. The Morgan fingerprint density at radius 1 is 1.24 bits per heavy atom. The minimum Gasteiger partial charge on any atom is -0.383 e. The molecule has 5 rings (SSSR count). The summed E-state index contributed by atoms with van der Waals surface area (Å²) in [5.41, 5.74) is 9.91. The number of rotatable bonds is 3. The van der Waals surface area contributed by atoms with Gasteiger partial charge in [0.1, 0.15) is 11.6 Å². The van der Waals surface area contributed by atoms with Crippen LogP contribution in [-0.4, -0.2) is 56.8 Å². The van der Waals surface area contributed by atoms with Gasteiger partial charge in [-0.15, -0.1) is 0 Å². The molecule has 0 aromatic carbocycles. The molecule has 5 heterocycles. The summed E-state index contributed by atoms with van der Waals surface area (Å²) in [5.74, 6) is 1.42. The molecule has 2 saturated heterocycles. The molecule has 154 valence electrons. The number of hydrogen-bond donors (Lipinski definition) is 1. The zero-order chi connectivity index (χ0) is 20.0. The lowest BCUT2D eigenvalue weighted by Crippen LogP contribution is -2.44. The predicted octanol–water partition coefficient (Wildman–Crippen LogP) is 2.41. The second-order valence-electron chi connectivity index (χ2n) is 7.83. The summed E-state index contributed by atoms with van der Waals surface area (Å²) in [7, 11) is 0. The van der Waals surface area contributed by atoms with Gasteiger partial charge in [-0.2, -0.15) is 14.7 Å². The number of nitrogens with zero attached hydrogens (tertiary/aromatic N) is 6. The van der Waals surface area contributed by atoms with E-state index in [1.54, 1.807) is 4.52 Å². The van der Waals surface area contributed by atoms with Crippen LogP contribution in [0, 0.1) is 6.92 Å². The van der Waals surface area contributed by atoms with Crippen molar-refractivity contribution in [2.24, 2.45) is 0 Å². The van der Waals surface area contributed by atoms with Crippen molar-refractivity contribution in [3.8, 4) is 11.3 Å². The lowest BCUT2D eigenvalue weighted by molar-refractivity contribution is -0.0383. The van der Waals surface area contributed by atoms with Crippen LogP contribution in [-0.2, 0) is 9.47 Å². The van der Waals surface area contributed by atoms with Crippen molar-refractivity contribution in [3.05, 3.63) is 24.0 Å². The number of aryl methyl sites for hydroxylation is 1. The van der Waals surface area contributed by atoms with Crippen molar-refractivity contribution in [1.82, 2.24) is 24.4 Å². The van der Waals surface area contributed by atoms with E-state index in [1.165, 1.54) is 0 Å².